The van der Waals surface area contributed by atoms with E-state index in [2.05, 4.69) is 88.4 Å². The van der Waals surface area contributed by atoms with Crippen LogP contribution in [0, 0.1) is 17.3 Å². The summed E-state index contributed by atoms with van der Waals surface area (Å²) in [6.07, 6.45) is 2.86. The van der Waals surface area contributed by atoms with Gasteiger partial charge in [-0.1, -0.05) is 94.8 Å². The summed E-state index contributed by atoms with van der Waals surface area (Å²) in [6.45, 7) is 9.17. The van der Waals surface area contributed by atoms with Gasteiger partial charge in [-0.05, 0) is 40.1 Å². The Morgan fingerprint density at radius 2 is 1.53 bits per heavy atom. The summed E-state index contributed by atoms with van der Waals surface area (Å²) in [5, 5.41) is 2.54. The second kappa shape index (κ2) is 7.65. The van der Waals surface area contributed by atoms with E-state index in [1.54, 1.807) is 0 Å². The van der Waals surface area contributed by atoms with Crippen LogP contribution in [0.25, 0.3) is 0 Å². The second-order valence-electron chi connectivity index (χ2n) is 10.1. The third-order valence-electron chi connectivity index (χ3n) is 7.50. The first-order valence-corrected chi connectivity index (χ1v) is 13.1. The van der Waals surface area contributed by atoms with Crippen LogP contribution < -0.4 is 10.4 Å². The molecule has 2 saturated carbocycles. The van der Waals surface area contributed by atoms with Crippen molar-refractivity contribution in [3.63, 3.8) is 0 Å². The van der Waals surface area contributed by atoms with Gasteiger partial charge in [0.05, 0.1) is 18.6 Å². The topological polar surface area (TPSA) is 35.5 Å². The first kappa shape index (κ1) is 21.3. The molecule has 160 valence electrons. The number of esters is 1. The van der Waals surface area contributed by atoms with Gasteiger partial charge < -0.3 is 9.16 Å². The largest absolute Gasteiger partial charge is 0.469 e. The number of hydrogen-bond donors (Lipinski definition) is 0. The second-order valence-corrected chi connectivity index (χ2v) is 14.3. The minimum atomic E-state index is -2.61. The van der Waals surface area contributed by atoms with Gasteiger partial charge in [-0.3, -0.25) is 4.79 Å². The molecule has 0 amide bonds. The van der Waals surface area contributed by atoms with Crippen LogP contribution in [0.4, 0.5) is 0 Å². The predicted octanol–water partition coefficient (Wildman–Crippen LogP) is 4.54. The summed E-state index contributed by atoms with van der Waals surface area (Å²) >= 11 is 0. The smallest absolute Gasteiger partial charge is 0.312 e. The standard InChI is InChI=1S/C26H34O3Si/c1-6-21-22-17-26(22,24(27)28-5)18-23(21)29-30(25(2,3)4,19-13-9-7-10-14-19)20-15-11-8-12-16-20/h7-16,21-23H,6,17-18H2,1-5H3/t21-,22-,23+,26-/m0/s1. The fraction of sp³-hybridized carbons (Fsp3) is 0.500. The summed E-state index contributed by atoms with van der Waals surface area (Å²) in [5.74, 6) is 0.767. The third kappa shape index (κ3) is 3.16. The minimum Gasteiger partial charge on any atom is -0.469 e. The molecule has 30 heavy (non-hydrogen) atoms. The molecular formula is C26H34O3Si. The van der Waals surface area contributed by atoms with Crippen LogP contribution in [0.1, 0.15) is 47.0 Å². The molecule has 2 aromatic carbocycles. The molecule has 4 heteroatoms. The van der Waals surface area contributed by atoms with Gasteiger partial charge in [0.15, 0.2) is 0 Å². The van der Waals surface area contributed by atoms with Gasteiger partial charge in [-0.15, -0.1) is 0 Å². The van der Waals surface area contributed by atoms with Crippen molar-refractivity contribution in [2.45, 2.75) is 58.1 Å². The maximum absolute atomic E-state index is 12.6. The van der Waals surface area contributed by atoms with Crippen LogP contribution in [0.3, 0.4) is 0 Å². The van der Waals surface area contributed by atoms with Crippen molar-refractivity contribution < 1.29 is 14.0 Å². The lowest BCUT2D eigenvalue weighted by atomic mass is 9.98. The third-order valence-corrected chi connectivity index (χ3v) is 12.6. The van der Waals surface area contributed by atoms with E-state index in [4.69, 9.17) is 9.16 Å². The number of ether oxygens (including phenoxy) is 1. The van der Waals surface area contributed by atoms with Gasteiger partial charge in [0, 0.05) is 0 Å². The Bertz CT molecular complexity index is 850. The Hall–Kier alpha value is -1.91. The van der Waals surface area contributed by atoms with E-state index in [9.17, 15) is 4.79 Å². The van der Waals surface area contributed by atoms with Crippen LogP contribution in [-0.4, -0.2) is 27.5 Å². The number of methoxy groups -OCH3 is 1. The maximum Gasteiger partial charge on any atom is 0.312 e. The molecule has 0 radical (unpaired) electrons. The van der Waals surface area contributed by atoms with Crippen LogP contribution in [-0.2, 0) is 14.0 Å². The molecular weight excluding hydrogens is 388 g/mol. The first-order chi connectivity index (χ1) is 14.3. The maximum atomic E-state index is 12.6. The number of carbonyl (C=O) groups is 1. The molecule has 2 aliphatic carbocycles. The Morgan fingerprint density at radius 1 is 1.00 bits per heavy atom. The molecule has 0 saturated heterocycles. The average molecular weight is 423 g/mol. The number of fused-ring (bicyclic) bond motifs is 1. The van der Waals surface area contributed by atoms with Crippen molar-refractivity contribution in [1.29, 1.82) is 0 Å². The molecule has 0 N–H and O–H groups in total. The molecule has 2 aliphatic rings. The van der Waals surface area contributed by atoms with Gasteiger partial charge >= 0.3 is 5.97 Å². The zero-order valence-corrected chi connectivity index (χ0v) is 19.9. The summed E-state index contributed by atoms with van der Waals surface area (Å²) in [6, 6.07) is 21.6. The predicted molar refractivity (Wildman–Crippen MR) is 123 cm³/mol. The van der Waals surface area contributed by atoms with Crippen molar-refractivity contribution in [3.05, 3.63) is 60.7 Å². The molecule has 4 atom stereocenters. The highest BCUT2D eigenvalue weighted by molar-refractivity contribution is 6.99. The van der Waals surface area contributed by atoms with Crippen molar-refractivity contribution in [3.8, 4) is 0 Å². The van der Waals surface area contributed by atoms with Crippen molar-refractivity contribution >= 4 is 24.7 Å². The first-order valence-electron chi connectivity index (χ1n) is 11.2. The highest BCUT2D eigenvalue weighted by Gasteiger charge is 2.71. The van der Waals surface area contributed by atoms with Gasteiger partial charge in [0.1, 0.15) is 0 Å². The Kier molecular flexibility index (Phi) is 5.44. The lowest BCUT2D eigenvalue weighted by Crippen LogP contribution is -2.68. The van der Waals surface area contributed by atoms with E-state index in [1.165, 1.54) is 17.5 Å². The molecule has 0 bridgehead atoms. The SMILES string of the molecule is CC[C@@H]1[C@H](O[Si](c2ccccc2)(c2ccccc2)C(C)(C)C)C[C@@]2(C(=O)OC)C[C@@H]12. The minimum absolute atomic E-state index is 0.0421. The monoisotopic (exact) mass is 422 g/mol. The quantitative estimate of drug-likeness (QED) is 0.506. The molecule has 2 fully saturated rings. The van der Waals surface area contributed by atoms with Crippen molar-refractivity contribution in [1.82, 2.24) is 0 Å². The van der Waals surface area contributed by atoms with Gasteiger partial charge in [0.2, 0.25) is 0 Å². The lowest BCUT2D eigenvalue weighted by molar-refractivity contribution is -0.147. The molecule has 0 unspecified atom stereocenters. The van der Waals surface area contributed by atoms with Gasteiger partial charge in [0.25, 0.3) is 8.32 Å². The number of carbonyl (C=O) groups excluding carboxylic acids is 1. The normalized spacial score (nSPS) is 28.1. The average Bonchev–Trinajstić information content (AvgIpc) is 3.38. The van der Waals surface area contributed by atoms with Crippen LogP contribution in [0.15, 0.2) is 60.7 Å². The van der Waals surface area contributed by atoms with E-state index in [0.717, 1.165) is 19.3 Å². The molecule has 4 rings (SSSR count). The fourth-order valence-corrected chi connectivity index (χ4v) is 10.7. The highest BCUT2D eigenvalue weighted by Crippen LogP contribution is 2.68. The number of benzene rings is 2. The van der Waals surface area contributed by atoms with Crippen LogP contribution >= 0.6 is 0 Å². The van der Waals surface area contributed by atoms with Crippen molar-refractivity contribution in [2.24, 2.45) is 17.3 Å². The van der Waals surface area contributed by atoms with Gasteiger partial charge in [-0.25, -0.2) is 0 Å². The number of rotatable bonds is 6. The number of hydrogen-bond acceptors (Lipinski definition) is 3. The molecule has 2 aromatic rings. The molecule has 0 aromatic heterocycles. The van der Waals surface area contributed by atoms with E-state index < -0.39 is 8.32 Å². The summed E-state index contributed by atoms with van der Waals surface area (Å²) < 4.78 is 12.6. The van der Waals surface area contributed by atoms with Crippen LogP contribution in [0.2, 0.25) is 5.04 Å². The van der Waals surface area contributed by atoms with Crippen molar-refractivity contribution in [2.75, 3.05) is 7.11 Å². The zero-order valence-electron chi connectivity index (χ0n) is 18.9. The highest BCUT2D eigenvalue weighted by atomic mass is 28.4. The Morgan fingerprint density at radius 3 is 1.97 bits per heavy atom. The zero-order chi connectivity index (χ0) is 21.6. The molecule has 3 nitrogen and oxygen atoms in total. The summed E-state index contributed by atoms with van der Waals surface area (Å²) in [7, 11) is -1.09. The molecule has 0 heterocycles. The van der Waals surface area contributed by atoms with E-state index in [-0.39, 0.29) is 22.5 Å². The van der Waals surface area contributed by atoms with E-state index in [0.29, 0.717) is 11.8 Å². The van der Waals surface area contributed by atoms with Gasteiger partial charge in [-0.2, -0.15) is 0 Å². The summed E-state index contributed by atoms with van der Waals surface area (Å²) in [4.78, 5) is 12.6. The van der Waals surface area contributed by atoms with E-state index >= 15 is 0 Å². The Labute approximate surface area is 181 Å². The summed E-state index contributed by atoms with van der Waals surface area (Å²) in [5.41, 5.74) is -0.314. The lowest BCUT2D eigenvalue weighted by Gasteiger charge is -2.46. The fourth-order valence-electron chi connectivity index (χ4n) is 6.01. The van der Waals surface area contributed by atoms with E-state index in [1.807, 2.05) is 0 Å². The molecule has 0 spiro atoms. The molecule has 0 aliphatic heterocycles. The Balaban J connectivity index is 1.81. The van der Waals surface area contributed by atoms with Crippen LogP contribution in [0.5, 0.6) is 0 Å².